The van der Waals surface area contributed by atoms with E-state index in [4.69, 9.17) is 18.1 Å². The molecule has 1 aromatic rings. The molecule has 0 atom stereocenters. The van der Waals surface area contributed by atoms with Gasteiger partial charge in [0, 0.05) is 17.1 Å². The Morgan fingerprint density at radius 2 is 1.48 bits per heavy atom. The van der Waals surface area contributed by atoms with Crippen LogP contribution in [0.4, 0.5) is 0 Å². The van der Waals surface area contributed by atoms with Gasteiger partial charge >= 0.3 is 44.0 Å². The summed E-state index contributed by atoms with van der Waals surface area (Å²) in [7, 11) is -3.72. The van der Waals surface area contributed by atoms with Gasteiger partial charge in [0.05, 0.1) is 0 Å². The molecule has 0 amide bonds. The normalized spacial score (nSPS) is 13.4. The van der Waals surface area contributed by atoms with Gasteiger partial charge in [-0.3, -0.25) is 0 Å². The van der Waals surface area contributed by atoms with Crippen molar-refractivity contribution >= 4 is 10.1 Å². The molecule has 6 nitrogen and oxygen atoms in total. The van der Waals surface area contributed by atoms with E-state index in [1.54, 1.807) is 30.4 Å². The first-order chi connectivity index (χ1) is 11.4. The van der Waals surface area contributed by atoms with Crippen molar-refractivity contribution < 1.29 is 43.6 Å². The quantitative estimate of drug-likeness (QED) is 0.335. The molecule has 1 aromatic carbocycles. The van der Waals surface area contributed by atoms with Gasteiger partial charge in [-0.05, 0) is 36.1 Å². The second-order valence-electron chi connectivity index (χ2n) is 4.98. The fraction of sp³-hybridized carbons (Fsp3) is 0.235. The maximum absolute atomic E-state index is 12.0. The molecule has 0 heterocycles. The van der Waals surface area contributed by atoms with E-state index in [1.807, 2.05) is 6.08 Å². The smallest absolute Gasteiger partial charge is 0 e. The molecule has 1 aliphatic rings. The second-order valence-corrected chi connectivity index (χ2v) is 6.53. The van der Waals surface area contributed by atoms with Crippen LogP contribution in [-0.4, -0.2) is 8.42 Å². The molecule has 0 spiro atoms. The molecule has 25 heavy (non-hydrogen) atoms. The van der Waals surface area contributed by atoms with Crippen LogP contribution < -0.4 is 0 Å². The average Bonchev–Trinajstić information content (AvgIpc) is 2.63. The average molecular weight is 404 g/mol. The van der Waals surface area contributed by atoms with Gasteiger partial charge < -0.3 is 4.18 Å². The number of hydrogen-bond acceptors (Lipinski definition) is 3. The van der Waals surface area contributed by atoms with Crippen molar-refractivity contribution in [3.63, 3.8) is 0 Å². The minimum absolute atomic E-state index is 0. The summed E-state index contributed by atoms with van der Waals surface area (Å²) in [5.41, 5.74) is 0.0589. The molecule has 0 bridgehead atoms. The first-order valence-corrected chi connectivity index (χ1v) is 7.80. The Hall–Kier alpha value is -1.81. The molecule has 0 fully saturated rings. The minimum Gasteiger partial charge on any atom is 0 e. The number of hydrogen-bond donors (Lipinski definition) is 0. The Labute approximate surface area is 158 Å². The molecule has 0 unspecified atom stereocenters. The molecule has 0 N–H and O–H groups in total. The summed E-state index contributed by atoms with van der Waals surface area (Å²) < 4.78 is 51.5. The molecular weight excluding hydrogens is 388 g/mol. The Balaban J connectivity index is -0.000000626. The van der Waals surface area contributed by atoms with Crippen LogP contribution in [0.25, 0.3) is 0 Å². The molecule has 0 aliphatic heterocycles. The number of allylic oxidation sites excluding steroid dienone is 3. The molecule has 0 saturated carbocycles. The van der Waals surface area contributed by atoms with Crippen LogP contribution in [0.3, 0.4) is 0 Å². The zero-order valence-electron chi connectivity index (χ0n) is 13.5. The van der Waals surface area contributed by atoms with Crippen molar-refractivity contribution in [2.45, 2.75) is 25.2 Å². The van der Waals surface area contributed by atoms with Crippen molar-refractivity contribution in [3.05, 3.63) is 74.3 Å². The molecule has 0 aromatic heterocycles. The maximum Gasteiger partial charge on any atom is 0 e. The molecule has 0 saturated heterocycles. The van der Waals surface area contributed by atoms with E-state index < -0.39 is 10.1 Å². The summed E-state index contributed by atoms with van der Waals surface area (Å²) in [4.78, 5) is 0.170. The number of rotatable bonds is 3. The molecular formula is C17H16FeO6S. The third-order valence-electron chi connectivity index (χ3n) is 2.77. The zero-order valence-corrected chi connectivity index (χ0v) is 15.5. The molecule has 134 valence electrons. The van der Waals surface area contributed by atoms with Crippen LogP contribution in [0, 0.1) is 25.4 Å². The summed E-state index contributed by atoms with van der Waals surface area (Å²) in [6, 6.07) is 8.15. The second kappa shape index (κ2) is 14.5. The fourth-order valence-electron chi connectivity index (χ4n) is 1.63. The third kappa shape index (κ3) is 10.6. The Morgan fingerprint density at radius 1 is 1.00 bits per heavy atom. The van der Waals surface area contributed by atoms with Gasteiger partial charge in [0.1, 0.15) is 10.7 Å². The Bertz CT molecular complexity index is 698. The van der Waals surface area contributed by atoms with Crippen LogP contribution in [0.5, 0.6) is 0 Å². The predicted molar refractivity (Wildman–Crippen MR) is 82.1 cm³/mol. The predicted octanol–water partition coefficient (Wildman–Crippen LogP) is 3.15. The van der Waals surface area contributed by atoms with E-state index in [0.29, 0.717) is 5.76 Å². The Morgan fingerprint density at radius 3 is 1.88 bits per heavy atom. The van der Waals surface area contributed by atoms with Gasteiger partial charge in [0.2, 0.25) is 0 Å². The third-order valence-corrected chi connectivity index (χ3v) is 4.03. The zero-order chi connectivity index (χ0) is 19.2. The van der Waals surface area contributed by atoms with Crippen molar-refractivity contribution in [2.24, 2.45) is 5.41 Å². The monoisotopic (exact) mass is 404 g/mol. The Kier molecular flexibility index (Phi) is 16.3. The summed E-state index contributed by atoms with van der Waals surface area (Å²) >= 11 is 0. The van der Waals surface area contributed by atoms with Crippen molar-refractivity contribution in [1.82, 2.24) is 0 Å². The van der Waals surface area contributed by atoms with Gasteiger partial charge in [-0.15, -0.1) is 0 Å². The van der Waals surface area contributed by atoms with Gasteiger partial charge in [-0.1, -0.05) is 38.1 Å². The summed E-state index contributed by atoms with van der Waals surface area (Å²) in [5.74, 6) is 0.387. The largest absolute Gasteiger partial charge is 0 e. The molecule has 8 heteroatoms. The topological polar surface area (TPSA) is 103 Å². The maximum atomic E-state index is 12.0. The molecule has 2 rings (SSSR count). The van der Waals surface area contributed by atoms with E-state index in [2.05, 4.69) is 33.8 Å². The first kappa shape index (κ1) is 28.0. The van der Waals surface area contributed by atoms with E-state index in [-0.39, 0.29) is 27.4 Å². The van der Waals surface area contributed by atoms with E-state index in [0.717, 1.165) is 6.42 Å². The summed E-state index contributed by atoms with van der Waals surface area (Å²) in [6.07, 6.45) is 6.25. The SMILES string of the molecule is CC1(C)C=CC(OS(=O)(=O)c2ccccc2)=CC1.[C-]#[O+].[C-]#[O+].[C-]#[O+].[Fe]. The van der Waals surface area contributed by atoms with Crippen LogP contribution in [0.15, 0.2) is 59.2 Å². The van der Waals surface area contributed by atoms with E-state index in [9.17, 15) is 8.42 Å². The number of benzene rings is 1. The van der Waals surface area contributed by atoms with Crippen molar-refractivity contribution in [1.29, 1.82) is 0 Å². The first-order valence-electron chi connectivity index (χ1n) is 6.39. The van der Waals surface area contributed by atoms with Crippen molar-refractivity contribution in [3.8, 4) is 0 Å². The van der Waals surface area contributed by atoms with E-state index in [1.165, 1.54) is 12.1 Å². The summed E-state index contributed by atoms with van der Waals surface area (Å²) in [5, 5.41) is 0. The molecule has 0 radical (unpaired) electrons. The minimum atomic E-state index is -3.72. The fourth-order valence-corrected chi connectivity index (χ4v) is 2.59. The van der Waals surface area contributed by atoms with Gasteiger partial charge in [0.15, 0.2) is 0 Å². The van der Waals surface area contributed by atoms with Crippen LogP contribution in [0.2, 0.25) is 0 Å². The van der Waals surface area contributed by atoms with Gasteiger partial charge in [-0.25, -0.2) is 0 Å². The van der Waals surface area contributed by atoms with Gasteiger partial charge in [0.25, 0.3) is 0 Å². The molecule has 1 aliphatic carbocycles. The van der Waals surface area contributed by atoms with E-state index >= 15 is 0 Å². The van der Waals surface area contributed by atoms with Crippen LogP contribution in [-0.2, 0) is 45.3 Å². The van der Waals surface area contributed by atoms with Gasteiger partial charge in [-0.2, -0.15) is 8.42 Å². The standard InChI is InChI=1S/C14H16O3S.3CO.Fe/c1-14(2)10-8-12(9-11-14)17-18(15,16)13-6-4-3-5-7-13;3*1-2;/h3-10H,11H2,1-2H3;;;;. The summed E-state index contributed by atoms with van der Waals surface area (Å²) in [6.45, 7) is 17.7. The van der Waals surface area contributed by atoms with Crippen molar-refractivity contribution in [2.75, 3.05) is 0 Å². The van der Waals surface area contributed by atoms with Crippen LogP contribution >= 0.6 is 0 Å². The van der Waals surface area contributed by atoms with Crippen LogP contribution in [0.1, 0.15) is 20.3 Å².